The van der Waals surface area contributed by atoms with E-state index in [2.05, 4.69) is 15.8 Å². The molecule has 0 spiro atoms. The maximum absolute atomic E-state index is 13.0. The van der Waals surface area contributed by atoms with Crippen LogP contribution < -0.4 is 4.72 Å². The quantitative estimate of drug-likeness (QED) is 0.146. The first-order chi connectivity index (χ1) is 18.3. The van der Waals surface area contributed by atoms with Gasteiger partial charge in [-0.1, -0.05) is 101 Å². The van der Waals surface area contributed by atoms with Gasteiger partial charge in [-0.15, -0.1) is 0 Å². The van der Waals surface area contributed by atoms with Crippen molar-refractivity contribution in [1.82, 2.24) is 9.71 Å². The highest BCUT2D eigenvalue weighted by Crippen LogP contribution is 2.27. The Balaban J connectivity index is 1.67. The van der Waals surface area contributed by atoms with E-state index in [1.165, 1.54) is 70.5 Å². The van der Waals surface area contributed by atoms with Crippen LogP contribution in [0.2, 0.25) is 0 Å². The number of nitrogens with one attached hydrogen (secondary N) is 1. The summed E-state index contributed by atoms with van der Waals surface area (Å²) in [5, 5.41) is 0. The van der Waals surface area contributed by atoms with Crippen LogP contribution in [0.15, 0.2) is 54.9 Å². The average Bonchev–Trinajstić information content (AvgIpc) is 2.91. The van der Waals surface area contributed by atoms with Crippen LogP contribution in [-0.2, 0) is 26.9 Å². The molecule has 2 rings (SSSR count). The minimum absolute atomic E-state index is 0.233. The molecule has 38 heavy (non-hydrogen) atoms. The topological polar surface area (TPSA) is 68.3 Å². The van der Waals surface area contributed by atoms with Crippen LogP contribution >= 0.6 is 0 Å². The number of ether oxygens (including phenoxy) is 1. The summed E-state index contributed by atoms with van der Waals surface area (Å²) in [4.78, 5) is 17.0. The standard InChI is InChI=1S/C32H50N2O3S/c1-32(2,3)38(36)34-29(30(31(35)37-4)28-22-16-14-17-23-28)24-18-13-11-9-7-5-6-8-10-12-15-20-27-21-19-25-33-26-27/h14,16-17,19,21-23,25-26,29-30,34H,5-13,15,18,20,24H2,1-4H3/t29-,30+,38-/m1/s1. The summed E-state index contributed by atoms with van der Waals surface area (Å²) in [5.41, 5.74) is 2.25. The zero-order chi connectivity index (χ0) is 27.6. The van der Waals surface area contributed by atoms with E-state index in [1.807, 2.05) is 69.6 Å². The Morgan fingerprint density at radius 3 is 1.97 bits per heavy atom. The highest BCUT2D eigenvalue weighted by molar-refractivity contribution is 7.84. The number of pyridine rings is 1. The van der Waals surface area contributed by atoms with Gasteiger partial charge in [0.25, 0.3) is 0 Å². The number of aryl methyl sites for hydroxylation is 1. The maximum Gasteiger partial charge on any atom is 0.314 e. The summed E-state index contributed by atoms with van der Waals surface area (Å²) < 4.78 is 21.0. The number of hydrogen-bond acceptors (Lipinski definition) is 4. The third kappa shape index (κ3) is 12.7. The zero-order valence-electron chi connectivity index (χ0n) is 24.1. The molecular formula is C32H50N2O3S. The van der Waals surface area contributed by atoms with E-state index in [4.69, 9.17) is 4.74 Å². The molecule has 6 heteroatoms. The fraction of sp³-hybridized carbons (Fsp3) is 0.625. The van der Waals surface area contributed by atoms with Gasteiger partial charge in [-0.2, -0.15) is 0 Å². The number of unbranched alkanes of at least 4 members (excludes halogenated alkanes) is 10. The van der Waals surface area contributed by atoms with Gasteiger partial charge in [-0.25, -0.2) is 8.93 Å². The van der Waals surface area contributed by atoms with Crippen LogP contribution in [0, 0.1) is 0 Å². The number of benzene rings is 1. The summed E-state index contributed by atoms with van der Waals surface area (Å²) in [6, 6.07) is 13.7. The zero-order valence-corrected chi connectivity index (χ0v) is 24.9. The Bertz CT molecular complexity index is 915. The van der Waals surface area contributed by atoms with Crippen LogP contribution in [0.1, 0.15) is 115 Å². The molecule has 5 nitrogen and oxygen atoms in total. The molecule has 0 radical (unpaired) electrons. The predicted octanol–water partition coefficient (Wildman–Crippen LogP) is 7.68. The number of nitrogens with zero attached hydrogens (tertiary/aromatic N) is 1. The van der Waals surface area contributed by atoms with E-state index in [0.717, 1.165) is 31.2 Å². The van der Waals surface area contributed by atoms with Crippen molar-refractivity contribution in [3.8, 4) is 0 Å². The second kappa shape index (κ2) is 18.3. The SMILES string of the molecule is COC(=O)[C@@H](c1ccccc1)[C@@H](CCCCCCCCCCCCCc1cccnc1)N[S@](=O)C(C)(C)C. The van der Waals surface area contributed by atoms with Crippen molar-refractivity contribution in [2.45, 2.75) is 121 Å². The van der Waals surface area contributed by atoms with Crippen molar-refractivity contribution < 1.29 is 13.7 Å². The molecule has 0 unspecified atom stereocenters. The Morgan fingerprint density at radius 1 is 0.868 bits per heavy atom. The summed E-state index contributed by atoms with van der Waals surface area (Å²) in [7, 11) is 0.162. The smallest absolute Gasteiger partial charge is 0.314 e. The normalized spacial score (nSPS) is 14.1. The first-order valence-corrected chi connectivity index (χ1v) is 15.7. The molecule has 0 aliphatic rings. The minimum atomic E-state index is -1.27. The Hall–Kier alpha value is -2.05. The third-order valence-electron chi connectivity index (χ3n) is 7.03. The molecular weight excluding hydrogens is 492 g/mol. The molecule has 0 fully saturated rings. The second-order valence-electron chi connectivity index (χ2n) is 11.3. The molecule has 0 aliphatic heterocycles. The maximum atomic E-state index is 13.0. The summed E-state index contributed by atoms with van der Waals surface area (Å²) in [5.74, 6) is -0.756. The lowest BCUT2D eigenvalue weighted by molar-refractivity contribution is -0.143. The number of carbonyl (C=O) groups is 1. The minimum Gasteiger partial charge on any atom is -0.469 e. The van der Waals surface area contributed by atoms with Gasteiger partial charge >= 0.3 is 5.97 Å². The van der Waals surface area contributed by atoms with Gasteiger partial charge in [0, 0.05) is 18.4 Å². The lowest BCUT2D eigenvalue weighted by atomic mass is 9.88. The Labute approximate surface area is 234 Å². The van der Waals surface area contributed by atoms with E-state index >= 15 is 0 Å². The van der Waals surface area contributed by atoms with Gasteiger partial charge in [0.2, 0.25) is 0 Å². The average molecular weight is 543 g/mol. The van der Waals surface area contributed by atoms with Crippen LogP contribution in [0.3, 0.4) is 0 Å². The predicted molar refractivity (Wildman–Crippen MR) is 159 cm³/mol. The molecule has 1 N–H and O–H groups in total. The van der Waals surface area contributed by atoms with Gasteiger partial charge in [0.15, 0.2) is 0 Å². The molecule has 2 aromatic rings. The first-order valence-electron chi connectivity index (χ1n) is 14.5. The lowest BCUT2D eigenvalue weighted by Crippen LogP contribution is -2.45. The molecule has 1 aromatic carbocycles. The largest absolute Gasteiger partial charge is 0.469 e. The first kappa shape index (κ1) is 32.2. The van der Waals surface area contributed by atoms with Crippen LogP contribution in [-0.4, -0.2) is 33.1 Å². The van der Waals surface area contributed by atoms with Crippen molar-refractivity contribution >= 4 is 17.0 Å². The monoisotopic (exact) mass is 542 g/mol. The molecule has 0 amide bonds. The van der Waals surface area contributed by atoms with Gasteiger partial charge < -0.3 is 4.74 Å². The number of esters is 1. The van der Waals surface area contributed by atoms with Gasteiger partial charge in [0.05, 0.1) is 28.8 Å². The lowest BCUT2D eigenvalue weighted by Gasteiger charge is -2.29. The summed E-state index contributed by atoms with van der Waals surface area (Å²) >= 11 is 0. The molecule has 1 aromatic heterocycles. The van der Waals surface area contributed by atoms with Crippen LogP contribution in [0.5, 0.6) is 0 Å². The number of aromatic nitrogens is 1. The highest BCUT2D eigenvalue weighted by Gasteiger charge is 2.33. The van der Waals surface area contributed by atoms with E-state index in [9.17, 15) is 9.00 Å². The van der Waals surface area contributed by atoms with Crippen molar-refractivity contribution in [2.75, 3.05) is 7.11 Å². The van der Waals surface area contributed by atoms with Crippen molar-refractivity contribution in [3.05, 3.63) is 66.0 Å². The Morgan fingerprint density at radius 2 is 1.45 bits per heavy atom. The molecule has 0 bridgehead atoms. The van der Waals surface area contributed by atoms with Crippen molar-refractivity contribution in [2.24, 2.45) is 0 Å². The molecule has 0 saturated carbocycles. The van der Waals surface area contributed by atoms with Crippen molar-refractivity contribution in [3.63, 3.8) is 0 Å². The fourth-order valence-corrected chi connectivity index (χ4v) is 5.64. The highest BCUT2D eigenvalue weighted by atomic mass is 32.2. The van der Waals surface area contributed by atoms with E-state index in [1.54, 1.807) is 0 Å². The van der Waals surface area contributed by atoms with Gasteiger partial charge in [-0.05, 0) is 57.2 Å². The second-order valence-corrected chi connectivity index (χ2v) is 13.3. The van der Waals surface area contributed by atoms with E-state index in [-0.39, 0.29) is 12.0 Å². The van der Waals surface area contributed by atoms with E-state index in [0.29, 0.717) is 0 Å². The molecule has 0 saturated heterocycles. The summed E-state index contributed by atoms with van der Waals surface area (Å²) in [6.45, 7) is 5.85. The molecule has 1 heterocycles. The number of rotatable bonds is 19. The number of hydrogen-bond donors (Lipinski definition) is 1. The third-order valence-corrected chi connectivity index (χ3v) is 8.66. The van der Waals surface area contributed by atoms with Crippen molar-refractivity contribution in [1.29, 1.82) is 0 Å². The summed E-state index contributed by atoms with van der Waals surface area (Å²) in [6.07, 6.45) is 19.5. The number of carbonyl (C=O) groups excluding carboxylic acids is 1. The molecule has 0 aliphatic carbocycles. The fourth-order valence-electron chi connectivity index (χ4n) is 4.76. The van der Waals surface area contributed by atoms with Gasteiger partial charge in [-0.3, -0.25) is 9.78 Å². The van der Waals surface area contributed by atoms with Crippen LogP contribution in [0.25, 0.3) is 0 Å². The number of methoxy groups -OCH3 is 1. The van der Waals surface area contributed by atoms with E-state index < -0.39 is 21.7 Å². The molecule has 3 atom stereocenters. The Kier molecular flexibility index (Phi) is 15.5. The van der Waals surface area contributed by atoms with Gasteiger partial charge in [0.1, 0.15) is 0 Å². The van der Waals surface area contributed by atoms with Crippen LogP contribution in [0.4, 0.5) is 0 Å². The molecule has 212 valence electrons.